The van der Waals surface area contributed by atoms with Gasteiger partial charge in [0.25, 0.3) is 0 Å². The first-order chi connectivity index (χ1) is 5.92. The molecule has 0 bridgehead atoms. The van der Waals surface area contributed by atoms with Crippen LogP contribution in [0, 0.1) is 11.8 Å². The molecular weight excluding hydrogens is 148 g/mol. The number of H-pyrrole nitrogens is 1. The van der Waals surface area contributed by atoms with E-state index in [1.165, 1.54) is 0 Å². The molecule has 2 aromatic rings. The van der Waals surface area contributed by atoms with Gasteiger partial charge in [-0.05, 0) is 19.1 Å². The van der Waals surface area contributed by atoms with Crippen LogP contribution >= 0.6 is 0 Å². The maximum absolute atomic E-state index is 3.95. The predicted octanol–water partition coefficient (Wildman–Crippen LogP) is 1.93. The Morgan fingerprint density at radius 1 is 1.42 bits per heavy atom. The molecule has 0 amide bonds. The van der Waals surface area contributed by atoms with Crippen LogP contribution in [0.5, 0.6) is 0 Å². The van der Waals surface area contributed by atoms with E-state index < -0.39 is 0 Å². The summed E-state index contributed by atoms with van der Waals surface area (Å²) in [6.45, 7) is 1.83. The summed E-state index contributed by atoms with van der Waals surface area (Å²) in [5.41, 5.74) is 2.07. The quantitative estimate of drug-likeness (QED) is 0.580. The topological polar surface area (TPSA) is 28.7 Å². The van der Waals surface area contributed by atoms with Crippen molar-refractivity contribution in [1.29, 1.82) is 0 Å². The molecule has 0 unspecified atom stereocenters. The number of aromatic amines is 1. The van der Waals surface area contributed by atoms with Gasteiger partial charge in [0.05, 0.1) is 11.7 Å². The lowest BCUT2D eigenvalue weighted by atomic mass is 10.1. The second-order valence-corrected chi connectivity index (χ2v) is 2.51. The summed E-state index contributed by atoms with van der Waals surface area (Å²) in [5, 5.41) is 7.94. The van der Waals surface area contributed by atoms with Crippen LogP contribution < -0.4 is 0 Å². The first-order valence-electron chi connectivity index (χ1n) is 3.76. The number of nitrogens with one attached hydrogen (secondary N) is 1. The van der Waals surface area contributed by atoms with E-state index >= 15 is 0 Å². The zero-order chi connectivity index (χ0) is 8.39. The van der Waals surface area contributed by atoms with Crippen molar-refractivity contribution in [2.24, 2.45) is 0 Å². The lowest BCUT2D eigenvalue weighted by molar-refractivity contribution is 1.12. The average Bonchev–Trinajstić information content (AvgIpc) is 2.53. The third-order valence-electron chi connectivity index (χ3n) is 1.74. The van der Waals surface area contributed by atoms with Crippen LogP contribution in [0.15, 0.2) is 24.4 Å². The lowest BCUT2D eigenvalue weighted by Gasteiger charge is -1.90. The maximum Gasteiger partial charge on any atom is 0.0662 e. The summed E-state index contributed by atoms with van der Waals surface area (Å²) in [5.74, 6) is 5.90. The molecule has 12 heavy (non-hydrogen) atoms. The van der Waals surface area contributed by atoms with Gasteiger partial charge in [0, 0.05) is 10.9 Å². The third kappa shape index (κ3) is 0.960. The van der Waals surface area contributed by atoms with Crippen LogP contribution in [0.1, 0.15) is 12.5 Å². The van der Waals surface area contributed by atoms with Gasteiger partial charge in [0.15, 0.2) is 0 Å². The highest BCUT2D eigenvalue weighted by Crippen LogP contribution is 2.14. The summed E-state index contributed by atoms with van der Waals surface area (Å²) >= 11 is 0. The van der Waals surface area contributed by atoms with Gasteiger partial charge in [0.1, 0.15) is 0 Å². The van der Waals surface area contributed by atoms with Gasteiger partial charge in [-0.15, -0.1) is 5.92 Å². The Kier molecular flexibility index (Phi) is 1.56. The van der Waals surface area contributed by atoms with Gasteiger partial charge < -0.3 is 0 Å². The first kappa shape index (κ1) is 6.93. The summed E-state index contributed by atoms with van der Waals surface area (Å²) in [6.07, 6.45) is 1.80. The number of benzene rings is 1. The van der Waals surface area contributed by atoms with Crippen LogP contribution in [-0.4, -0.2) is 10.2 Å². The molecule has 1 heterocycles. The normalized spacial score (nSPS) is 9.42. The summed E-state index contributed by atoms with van der Waals surface area (Å²) in [7, 11) is 0. The molecule has 0 radical (unpaired) electrons. The molecular formula is C10H8N2. The van der Waals surface area contributed by atoms with Crippen molar-refractivity contribution in [2.45, 2.75) is 6.92 Å². The molecule has 0 saturated carbocycles. The third-order valence-corrected chi connectivity index (χ3v) is 1.74. The van der Waals surface area contributed by atoms with Crippen molar-refractivity contribution in [3.8, 4) is 11.8 Å². The fourth-order valence-corrected chi connectivity index (χ4v) is 1.21. The Hall–Kier alpha value is -1.75. The van der Waals surface area contributed by atoms with Crippen molar-refractivity contribution in [3.63, 3.8) is 0 Å². The minimum absolute atomic E-state index is 1.03. The van der Waals surface area contributed by atoms with Crippen molar-refractivity contribution < 1.29 is 0 Å². The van der Waals surface area contributed by atoms with Crippen molar-refractivity contribution >= 4 is 10.9 Å². The highest BCUT2D eigenvalue weighted by Gasteiger charge is 1.97. The van der Waals surface area contributed by atoms with Crippen LogP contribution in [0.2, 0.25) is 0 Å². The Balaban J connectivity index is 2.79. The molecule has 0 aliphatic carbocycles. The molecule has 1 aromatic heterocycles. The Morgan fingerprint density at radius 3 is 3.17 bits per heavy atom. The maximum atomic E-state index is 3.95. The summed E-state index contributed by atoms with van der Waals surface area (Å²) in [6, 6.07) is 5.96. The number of aromatic nitrogens is 2. The molecule has 0 spiro atoms. The zero-order valence-electron chi connectivity index (χ0n) is 6.76. The van der Waals surface area contributed by atoms with Gasteiger partial charge >= 0.3 is 0 Å². The monoisotopic (exact) mass is 156 g/mol. The highest BCUT2D eigenvalue weighted by molar-refractivity contribution is 5.84. The zero-order valence-corrected chi connectivity index (χ0v) is 6.76. The highest BCUT2D eigenvalue weighted by atomic mass is 15.1. The number of rotatable bonds is 0. The Morgan fingerprint density at radius 2 is 2.33 bits per heavy atom. The molecule has 0 aliphatic rings. The number of fused-ring (bicyclic) bond motifs is 1. The molecule has 2 heteroatoms. The van der Waals surface area contributed by atoms with E-state index in [9.17, 15) is 0 Å². The summed E-state index contributed by atoms with van der Waals surface area (Å²) in [4.78, 5) is 0. The van der Waals surface area contributed by atoms with E-state index in [2.05, 4.69) is 22.0 Å². The summed E-state index contributed by atoms with van der Waals surface area (Å²) < 4.78 is 0. The van der Waals surface area contributed by atoms with E-state index in [0.717, 1.165) is 16.5 Å². The van der Waals surface area contributed by atoms with Crippen molar-refractivity contribution in [2.75, 3.05) is 0 Å². The molecule has 0 saturated heterocycles. The second kappa shape index (κ2) is 2.71. The molecule has 58 valence electrons. The molecule has 2 nitrogen and oxygen atoms in total. The van der Waals surface area contributed by atoms with Gasteiger partial charge in [-0.2, -0.15) is 5.10 Å². The smallest absolute Gasteiger partial charge is 0.0662 e. The van der Waals surface area contributed by atoms with Gasteiger partial charge in [-0.1, -0.05) is 12.0 Å². The van der Waals surface area contributed by atoms with E-state index in [1.54, 1.807) is 6.20 Å². The van der Waals surface area contributed by atoms with Crippen LogP contribution in [-0.2, 0) is 0 Å². The van der Waals surface area contributed by atoms with E-state index in [0.29, 0.717) is 0 Å². The average molecular weight is 156 g/mol. The van der Waals surface area contributed by atoms with E-state index in [4.69, 9.17) is 0 Å². The molecule has 0 fully saturated rings. The number of nitrogens with zero attached hydrogens (tertiary/aromatic N) is 1. The fourth-order valence-electron chi connectivity index (χ4n) is 1.21. The predicted molar refractivity (Wildman–Crippen MR) is 48.6 cm³/mol. The Labute approximate surface area is 70.6 Å². The van der Waals surface area contributed by atoms with Crippen LogP contribution in [0.4, 0.5) is 0 Å². The SMILES string of the molecule is CC#Cc1cccc2[nH]ncc12. The minimum Gasteiger partial charge on any atom is -0.278 e. The van der Waals surface area contributed by atoms with Crippen molar-refractivity contribution in [3.05, 3.63) is 30.0 Å². The minimum atomic E-state index is 1.03. The first-order valence-corrected chi connectivity index (χ1v) is 3.76. The Bertz CT molecular complexity index is 457. The molecule has 0 atom stereocenters. The molecule has 1 aromatic carbocycles. The standard InChI is InChI=1S/C10H8N2/c1-2-4-8-5-3-6-10-9(8)7-11-12-10/h3,5-7H,1H3,(H,11,12). The number of hydrogen-bond donors (Lipinski definition) is 1. The largest absolute Gasteiger partial charge is 0.278 e. The molecule has 1 N–H and O–H groups in total. The second-order valence-electron chi connectivity index (χ2n) is 2.51. The van der Waals surface area contributed by atoms with Crippen LogP contribution in [0.25, 0.3) is 10.9 Å². The number of hydrogen-bond acceptors (Lipinski definition) is 1. The van der Waals surface area contributed by atoms with Crippen LogP contribution in [0.3, 0.4) is 0 Å². The molecule has 2 rings (SSSR count). The van der Waals surface area contributed by atoms with Gasteiger partial charge in [0.2, 0.25) is 0 Å². The van der Waals surface area contributed by atoms with E-state index in [-0.39, 0.29) is 0 Å². The van der Waals surface area contributed by atoms with E-state index in [1.807, 2.05) is 25.1 Å². The van der Waals surface area contributed by atoms with Gasteiger partial charge in [-0.25, -0.2) is 0 Å². The van der Waals surface area contributed by atoms with Gasteiger partial charge in [-0.3, -0.25) is 5.10 Å². The molecule has 0 aliphatic heterocycles. The fraction of sp³-hybridized carbons (Fsp3) is 0.100. The lowest BCUT2D eigenvalue weighted by Crippen LogP contribution is -1.74. The van der Waals surface area contributed by atoms with Crippen molar-refractivity contribution in [1.82, 2.24) is 10.2 Å².